The summed E-state index contributed by atoms with van der Waals surface area (Å²) < 4.78 is 0. The summed E-state index contributed by atoms with van der Waals surface area (Å²) in [6, 6.07) is 0. The summed E-state index contributed by atoms with van der Waals surface area (Å²) in [5.74, 6) is 0.534. The summed E-state index contributed by atoms with van der Waals surface area (Å²) in [7, 11) is 0. The number of hydrogen-bond donors (Lipinski definition) is 1. The van der Waals surface area contributed by atoms with Crippen LogP contribution in [0.1, 0.15) is 40.0 Å². The van der Waals surface area contributed by atoms with E-state index in [4.69, 9.17) is 5.11 Å². The molecule has 0 rings (SSSR count). The maximum atomic E-state index is 8.65. The highest BCUT2D eigenvalue weighted by Crippen LogP contribution is 2.10. The van der Waals surface area contributed by atoms with E-state index in [1.807, 2.05) is 0 Å². The van der Waals surface area contributed by atoms with Crippen LogP contribution in [0.3, 0.4) is 0 Å². The highest BCUT2D eigenvalue weighted by molar-refractivity contribution is 4.99. The molecule has 0 fully saturated rings. The number of allylic oxidation sites excluding steroid dienone is 2. The van der Waals surface area contributed by atoms with E-state index in [0.29, 0.717) is 12.5 Å². The summed E-state index contributed by atoms with van der Waals surface area (Å²) >= 11 is 0. The minimum atomic E-state index is 0.303. The van der Waals surface area contributed by atoms with E-state index >= 15 is 0 Å². The summed E-state index contributed by atoms with van der Waals surface area (Å²) in [5.41, 5.74) is 1.45. The van der Waals surface area contributed by atoms with Gasteiger partial charge in [0.2, 0.25) is 0 Å². The zero-order valence-corrected chi connectivity index (χ0v) is 7.93. The lowest BCUT2D eigenvalue weighted by Gasteiger charge is -2.05. The fourth-order valence-electron chi connectivity index (χ4n) is 1.25. The van der Waals surface area contributed by atoms with Gasteiger partial charge in [0.05, 0.1) is 0 Å². The Balaban J connectivity index is 3.66. The van der Waals surface area contributed by atoms with Crippen LogP contribution in [0, 0.1) is 5.92 Å². The Labute approximate surface area is 70.1 Å². The Morgan fingerprint density at radius 2 is 2.18 bits per heavy atom. The first-order valence-electron chi connectivity index (χ1n) is 4.48. The molecule has 11 heavy (non-hydrogen) atoms. The van der Waals surface area contributed by atoms with Gasteiger partial charge in [0.15, 0.2) is 0 Å². The van der Waals surface area contributed by atoms with Crippen LogP contribution in [0.25, 0.3) is 0 Å². The lowest BCUT2D eigenvalue weighted by molar-refractivity contribution is 0.274. The van der Waals surface area contributed by atoms with E-state index in [0.717, 1.165) is 6.42 Å². The third kappa shape index (κ3) is 6.11. The quantitative estimate of drug-likeness (QED) is 0.607. The van der Waals surface area contributed by atoms with Crippen molar-refractivity contribution < 1.29 is 5.11 Å². The van der Waals surface area contributed by atoms with Gasteiger partial charge in [-0.15, -0.1) is 0 Å². The molecule has 0 aromatic carbocycles. The molecule has 1 nitrogen and oxygen atoms in total. The summed E-state index contributed by atoms with van der Waals surface area (Å²) in [4.78, 5) is 0. The number of rotatable bonds is 5. The summed E-state index contributed by atoms with van der Waals surface area (Å²) in [6.07, 6.45) is 5.56. The molecule has 1 atom stereocenters. The number of aliphatic hydroxyl groups is 1. The molecule has 0 aliphatic carbocycles. The van der Waals surface area contributed by atoms with Gasteiger partial charge in [0, 0.05) is 6.61 Å². The van der Waals surface area contributed by atoms with E-state index in [1.54, 1.807) is 0 Å². The molecule has 0 amide bonds. The molecule has 1 unspecified atom stereocenters. The summed E-state index contributed by atoms with van der Waals surface area (Å²) in [5, 5.41) is 8.65. The molecule has 0 bridgehead atoms. The third-order valence-electron chi connectivity index (χ3n) is 1.80. The van der Waals surface area contributed by atoms with Crippen LogP contribution in [0.4, 0.5) is 0 Å². The molecule has 0 aliphatic heterocycles. The fraction of sp³-hybridized carbons (Fsp3) is 0.800. The van der Waals surface area contributed by atoms with E-state index in [2.05, 4.69) is 26.8 Å². The van der Waals surface area contributed by atoms with Gasteiger partial charge in [0.1, 0.15) is 0 Å². The molecule has 0 saturated carbocycles. The smallest absolute Gasteiger partial charge is 0.0436 e. The molecular weight excluding hydrogens is 136 g/mol. The molecular formula is C10H20O. The van der Waals surface area contributed by atoms with E-state index < -0.39 is 0 Å². The van der Waals surface area contributed by atoms with Crippen LogP contribution in [-0.4, -0.2) is 11.7 Å². The van der Waals surface area contributed by atoms with Gasteiger partial charge in [-0.1, -0.05) is 31.9 Å². The average Bonchev–Trinajstić information content (AvgIpc) is 1.87. The normalized spacial score (nSPS) is 15.1. The van der Waals surface area contributed by atoms with Crippen LogP contribution >= 0.6 is 0 Å². The molecule has 0 heterocycles. The molecule has 0 aliphatic rings. The summed E-state index contributed by atoms with van der Waals surface area (Å²) in [6.45, 7) is 6.80. The van der Waals surface area contributed by atoms with Crippen LogP contribution < -0.4 is 0 Å². The minimum absolute atomic E-state index is 0.303. The monoisotopic (exact) mass is 156 g/mol. The fourth-order valence-corrected chi connectivity index (χ4v) is 1.25. The molecule has 0 spiro atoms. The molecule has 1 N–H and O–H groups in total. The van der Waals surface area contributed by atoms with E-state index in [-0.39, 0.29) is 0 Å². The van der Waals surface area contributed by atoms with Crippen molar-refractivity contribution in [3.05, 3.63) is 11.6 Å². The highest BCUT2D eigenvalue weighted by Gasteiger charge is 1.96. The largest absolute Gasteiger partial charge is 0.396 e. The van der Waals surface area contributed by atoms with Crippen molar-refractivity contribution in [2.24, 2.45) is 5.92 Å². The average molecular weight is 156 g/mol. The first-order valence-corrected chi connectivity index (χ1v) is 4.48. The van der Waals surface area contributed by atoms with Crippen LogP contribution in [0.5, 0.6) is 0 Å². The second kappa shape index (κ2) is 6.41. The first-order chi connectivity index (χ1) is 5.20. The molecule has 0 saturated heterocycles. The van der Waals surface area contributed by atoms with Gasteiger partial charge in [0.25, 0.3) is 0 Å². The van der Waals surface area contributed by atoms with Crippen LogP contribution in [-0.2, 0) is 0 Å². The molecule has 0 aromatic rings. The Hall–Kier alpha value is -0.300. The predicted octanol–water partition coefficient (Wildman–Crippen LogP) is 2.75. The molecule has 0 aromatic heterocycles. The Kier molecular flexibility index (Phi) is 6.24. The van der Waals surface area contributed by atoms with Gasteiger partial charge in [-0.3, -0.25) is 0 Å². The Morgan fingerprint density at radius 3 is 2.64 bits per heavy atom. The van der Waals surface area contributed by atoms with E-state index in [1.165, 1.54) is 18.4 Å². The lowest BCUT2D eigenvalue weighted by atomic mass is 10.0. The molecule has 66 valence electrons. The maximum Gasteiger partial charge on any atom is 0.0436 e. The highest BCUT2D eigenvalue weighted by atomic mass is 16.2. The standard InChI is InChI=1S/C10H20O/c1-4-5-9(2)8-10(3)6-7-11/h8,10-11H,4-7H2,1-3H3. The topological polar surface area (TPSA) is 20.2 Å². The van der Waals surface area contributed by atoms with Crippen LogP contribution in [0.2, 0.25) is 0 Å². The van der Waals surface area contributed by atoms with Crippen molar-refractivity contribution in [3.8, 4) is 0 Å². The van der Waals surface area contributed by atoms with Crippen molar-refractivity contribution in [1.82, 2.24) is 0 Å². The molecule has 1 heteroatoms. The Morgan fingerprint density at radius 1 is 1.55 bits per heavy atom. The van der Waals surface area contributed by atoms with Crippen molar-refractivity contribution in [3.63, 3.8) is 0 Å². The second-order valence-corrected chi connectivity index (χ2v) is 3.25. The van der Waals surface area contributed by atoms with Gasteiger partial charge < -0.3 is 5.11 Å². The third-order valence-corrected chi connectivity index (χ3v) is 1.80. The van der Waals surface area contributed by atoms with Gasteiger partial charge in [-0.25, -0.2) is 0 Å². The van der Waals surface area contributed by atoms with Crippen molar-refractivity contribution in [1.29, 1.82) is 0 Å². The zero-order valence-electron chi connectivity index (χ0n) is 7.93. The van der Waals surface area contributed by atoms with Gasteiger partial charge in [-0.05, 0) is 25.7 Å². The molecule has 0 radical (unpaired) electrons. The first kappa shape index (κ1) is 10.7. The minimum Gasteiger partial charge on any atom is -0.396 e. The van der Waals surface area contributed by atoms with Gasteiger partial charge in [-0.2, -0.15) is 0 Å². The predicted molar refractivity (Wildman–Crippen MR) is 49.5 cm³/mol. The SMILES string of the molecule is CCCC(C)=CC(C)CCO. The lowest BCUT2D eigenvalue weighted by Crippen LogP contribution is -1.94. The maximum absolute atomic E-state index is 8.65. The van der Waals surface area contributed by atoms with E-state index in [9.17, 15) is 0 Å². The van der Waals surface area contributed by atoms with Crippen molar-refractivity contribution >= 4 is 0 Å². The van der Waals surface area contributed by atoms with Crippen molar-refractivity contribution in [2.75, 3.05) is 6.61 Å². The number of aliphatic hydroxyl groups excluding tert-OH is 1. The second-order valence-electron chi connectivity index (χ2n) is 3.25. The number of hydrogen-bond acceptors (Lipinski definition) is 1. The van der Waals surface area contributed by atoms with Crippen LogP contribution in [0.15, 0.2) is 11.6 Å². The zero-order chi connectivity index (χ0) is 8.69. The van der Waals surface area contributed by atoms with Gasteiger partial charge >= 0.3 is 0 Å². The Bertz CT molecular complexity index is 116. The van der Waals surface area contributed by atoms with Crippen molar-refractivity contribution in [2.45, 2.75) is 40.0 Å².